The van der Waals surface area contributed by atoms with Crippen LogP contribution in [-0.4, -0.2) is 19.7 Å². The number of hydrogen-bond donors (Lipinski definition) is 1. The summed E-state index contributed by atoms with van der Waals surface area (Å²) in [4.78, 5) is 0. The van der Waals surface area contributed by atoms with Crippen molar-refractivity contribution >= 4 is 11.6 Å². The Morgan fingerprint density at radius 3 is 3.06 bits per heavy atom. The van der Waals surface area contributed by atoms with Crippen molar-refractivity contribution in [1.29, 1.82) is 0 Å². The predicted octanol–water partition coefficient (Wildman–Crippen LogP) is 3.56. The molecule has 0 radical (unpaired) electrons. The molecule has 0 amide bonds. The monoisotopic (exact) mass is 271 g/mol. The maximum atomic E-state index is 13.9. The van der Waals surface area contributed by atoms with Crippen LogP contribution in [0, 0.1) is 11.7 Å². The van der Waals surface area contributed by atoms with Crippen LogP contribution in [0.2, 0.25) is 5.02 Å². The van der Waals surface area contributed by atoms with Crippen molar-refractivity contribution in [2.24, 2.45) is 5.92 Å². The van der Waals surface area contributed by atoms with E-state index < -0.39 is 0 Å². The minimum Gasteiger partial charge on any atom is -0.373 e. The molecule has 2 unspecified atom stereocenters. The van der Waals surface area contributed by atoms with Crippen LogP contribution in [0.15, 0.2) is 18.2 Å². The third-order valence-electron chi connectivity index (χ3n) is 3.32. The molecule has 100 valence electrons. The van der Waals surface area contributed by atoms with Crippen molar-refractivity contribution < 1.29 is 9.13 Å². The predicted molar refractivity (Wildman–Crippen MR) is 71.4 cm³/mol. The molecule has 1 aromatic rings. The van der Waals surface area contributed by atoms with E-state index in [1.807, 2.05) is 0 Å². The van der Waals surface area contributed by atoms with E-state index in [9.17, 15) is 4.39 Å². The van der Waals surface area contributed by atoms with Crippen molar-refractivity contribution in [3.05, 3.63) is 34.6 Å². The van der Waals surface area contributed by atoms with Crippen LogP contribution in [0.3, 0.4) is 0 Å². The van der Waals surface area contributed by atoms with Crippen molar-refractivity contribution in [1.82, 2.24) is 5.32 Å². The van der Waals surface area contributed by atoms with Crippen LogP contribution < -0.4 is 5.32 Å². The Morgan fingerprint density at radius 1 is 1.50 bits per heavy atom. The lowest BCUT2D eigenvalue weighted by atomic mass is 9.95. The molecule has 0 spiro atoms. The molecule has 1 heterocycles. The van der Waals surface area contributed by atoms with Gasteiger partial charge in [-0.1, -0.05) is 24.6 Å². The van der Waals surface area contributed by atoms with Crippen LogP contribution >= 0.6 is 11.6 Å². The standard InChI is InChI=1S/C14H19ClFNO/c1-2-6-17-9-10-5-7-18-14(10)12-4-3-11(15)8-13(12)16/h3-4,8,10,14,17H,2,5-7,9H2,1H3. The zero-order chi connectivity index (χ0) is 13.0. The highest BCUT2D eigenvalue weighted by atomic mass is 35.5. The van der Waals surface area contributed by atoms with E-state index in [0.717, 1.165) is 25.9 Å². The second kappa shape index (κ2) is 6.50. The first kappa shape index (κ1) is 13.8. The summed E-state index contributed by atoms with van der Waals surface area (Å²) in [5, 5.41) is 3.80. The van der Waals surface area contributed by atoms with Crippen LogP contribution in [0.4, 0.5) is 4.39 Å². The molecule has 1 N–H and O–H groups in total. The molecular weight excluding hydrogens is 253 g/mol. The van der Waals surface area contributed by atoms with Crippen LogP contribution in [0.25, 0.3) is 0 Å². The first-order chi connectivity index (χ1) is 8.72. The maximum absolute atomic E-state index is 13.9. The Kier molecular flexibility index (Phi) is 4.98. The maximum Gasteiger partial charge on any atom is 0.130 e. The van der Waals surface area contributed by atoms with E-state index in [-0.39, 0.29) is 11.9 Å². The van der Waals surface area contributed by atoms with Gasteiger partial charge in [-0.15, -0.1) is 0 Å². The molecule has 2 rings (SSSR count). The fourth-order valence-corrected chi connectivity index (χ4v) is 2.54. The molecule has 0 bridgehead atoms. The van der Waals surface area contributed by atoms with Gasteiger partial charge in [0.25, 0.3) is 0 Å². The quantitative estimate of drug-likeness (QED) is 0.827. The third kappa shape index (κ3) is 3.22. The second-order valence-electron chi connectivity index (χ2n) is 4.71. The fourth-order valence-electron chi connectivity index (χ4n) is 2.38. The first-order valence-electron chi connectivity index (χ1n) is 6.49. The Hall–Kier alpha value is -0.640. The highest BCUT2D eigenvalue weighted by Gasteiger charge is 2.31. The van der Waals surface area contributed by atoms with Crippen molar-refractivity contribution in [3.63, 3.8) is 0 Å². The highest BCUT2D eigenvalue weighted by Crippen LogP contribution is 2.36. The van der Waals surface area contributed by atoms with Gasteiger partial charge in [0.2, 0.25) is 0 Å². The van der Waals surface area contributed by atoms with Gasteiger partial charge in [0, 0.05) is 29.7 Å². The molecule has 2 nitrogen and oxygen atoms in total. The van der Waals surface area contributed by atoms with Gasteiger partial charge in [-0.3, -0.25) is 0 Å². The molecule has 1 aromatic carbocycles. The smallest absolute Gasteiger partial charge is 0.130 e. The highest BCUT2D eigenvalue weighted by molar-refractivity contribution is 6.30. The Balaban J connectivity index is 2.06. The molecule has 0 aliphatic carbocycles. The topological polar surface area (TPSA) is 21.3 Å². The molecule has 0 saturated carbocycles. The Morgan fingerprint density at radius 2 is 2.33 bits per heavy atom. The molecule has 0 aromatic heterocycles. The first-order valence-corrected chi connectivity index (χ1v) is 6.87. The molecule has 18 heavy (non-hydrogen) atoms. The zero-order valence-corrected chi connectivity index (χ0v) is 11.3. The van der Waals surface area contributed by atoms with Gasteiger partial charge in [0.1, 0.15) is 5.82 Å². The lowest BCUT2D eigenvalue weighted by Gasteiger charge is -2.20. The molecule has 1 aliphatic heterocycles. The van der Waals surface area contributed by atoms with Gasteiger partial charge in [0.15, 0.2) is 0 Å². The zero-order valence-electron chi connectivity index (χ0n) is 10.6. The van der Waals surface area contributed by atoms with Crippen molar-refractivity contribution in [2.45, 2.75) is 25.9 Å². The summed E-state index contributed by atoms with van der Waals surface area (Å²) in [5.74, 6) is 0.0714. The molecule has 2 atom stereocenters. The largest absolute Gasteiger partial charge is 0.373 e. The lowest BCUT2D eigenvalue weighted by Crippen LogP contribution is -2.25. The third-order valence-corrected chi connectivity index (χ3v) is 3.55. The second-order valence-corrected chi connectivity index (χ2v) is 5.15. The van der Waals surface area contributed by atoms with E-state index >= 15 is 0 Å². The van der Waals surface area contributed by atoms with E-state index in [1.54, 1.807) is 12.1 Å². The molecule has 1 fully saturated rings. The van der Waals surface area contributed by atoms with Crippen molar-refractivity contribution in [3.8, 4) is 0 Å². The lowest BCUT2D eigenvalue weighted by molar-refractivity contribution is 0.0875. The van der Waals surface area contributed by atoms with Crippen molar-refractivity contribution in [2.75, 3.05) is 19.7 Å². The number of ether oxygens (including phenoxy) is 1. The number of hydrogen-bond acceptors (Lipinski definition) is 2. The number of nitrogens with one attached hydrogen (secondary N) is 1. The van der Waals surface area contributed by atoms with E-state index in [0.29, 0.717) is 23.1 Å². The summed E-state index contributed by atoms with van der Waals surface area (Å²) >= 11 is 5.77. The van der Waals surface area contributed by atoms with Gasteiger partial charge in [0.05, 0.1) is 6.10 Å². The number of halogens is 2. The average molecular weight is 272 g/mol. The van der Waals surface area contributed by atoms with E-state index in [2.05, 4.69) is 12.2 Å². The number of benzene rings is 1. The summed E-state index contributed by atoms with van der Waals surface area (Å²) in [6, 6.07) is 4.81. The molecule has 1 aliphatic rings. The van der Waals surface area contributed by atoms with Gasteiger partial charge in [-0.25, -0.2) is 4.39 Å². The molecule has 4 heteroatoms. The SMILES string of the molecule is CCCNCC1CCOC1c1ccc(Cl)cc1F. The fraction of sp³-hybridized carbons (Fsp3) is 0.571. The van der Waals surface area contributed by atoms with Gasteiger partial charge in [-0.05, 0) is 31.5 Å². The summed E-state index contributed by atoms with van der Waals surface area (Å²) < 4.78 is 19.6. The summed E-state index contributed by atoms with van der Waals surface area (Å²) in [5.41, 5.74) is 0.625. The van der Waals surface area contributed by atoms with Crippen LogP contribution in [0.1, 0.15) is 31.4 Å². The summed E-state index contributed by atoms with van der Waals surface area (Å²) in [7, 11) is 0. The number of rotatable bonds is 5. The molecular formula is C14H19ClFNO. The minimum absolute atomic E-state index is 0.147. The minimum atomic E-state index is -0.269. The van der Waals surface area contributed by atoms with Gasteiger partial charge in [-0.2, -0.15) is 0 Å². The van der Waals surface area contributed by atoms with Crippen LogP contribution in [-0.2, 0) is 4.74 Å². The van der Waals surface area contributed by atoms with E-state index in [1.165, 1.54) is 6.07 Å². The summed E-state index contributed by atoms with van der Waals surface area (Å²) in [6.45, 7) is 4.70. The molecule has 1 saturated heterocycles. The normalized spacial score (nSPS) is 23.5. The Bertz CT molecular complexity index is 399. The average Bonchev–Trinajstić information content (AvgIpc) is 2.78. The van der Waals surface area contributed by atoms with E-state index in [4.69, 9.17) is 16.3 Å². The van der Waals surface area contributed by atoms with Gasteiger partial charge < -0.3 is 10.1 Å². The Labute approximate surface area is 112 Å². The van der Waals surface area contributed by atoms with Crippen LogP contribution in [0.5, 0.6) is 0 Å². The van der Waals surface area contributed by atoms with Gasteiger partial charge >= 0.3 is 0 Å². The summed E-state index contributed by atoms with van der Waals surface area (Å²) in [6.07, 6.45) is 1.93.